The first-order valence-electron chi connectivity index (χ1n) is 9.25. The van der Waals surface area contributed by atoms with Gasteiger partial charge in [0, 0.05) is 0 Å². The van der Waals surface area contributed by atoms with Crippen molar-refractivity contribution in [1.82, 2.24) is 15.7 Å². The van der Waals surface area contributed by atoms with E-state index in [2.05, 4.69) is 10.8 Å². The van der Waals surface area contributed by atoms with Crippen LogP contribution in [0.15, 0.2) is 48.5 Å². The molecule has 0 radical (unpaired) electrons. The van der Waals surface area contributed by atoms with E-state index in [-0.39, 0.29) is 19.1 Å². The van der Waals surface area contributed by atoms with Crippen LogP contribution in [0.4, 0.5) is 4.79 Å². The lowest BCUT2D eigenvalue weighted by Gasteiger charge is -2.22. The summed E-state index contributed by atoms with van der Waals surface area (Å²) in [5.41, 5.74) is 3.23. The van der Waals surface area contributed by atoms with Gasteiger partial charge < -0.3 is 20.0 Å². The lowest BCUT2D eigenvalue weighted by molar-refractivity contribution is -0.130. The highest BCUT2D eigenvalue weighted by molar-refractivity contribution is 6.06. The molecular formula is C21H25N3O5. The molecule has 3 rings (SSSR count). The first-order valence-corrected chi connectivity index (χ1v) is 9.25. The molecule has 2 aromatic rings. The maximum Gasteiger partial charge on any atom is 0.325 e. The Balaban J connectivity index is 1.58. The smallest absolute Gasteiger partial charge is 0.325 e. The Morgan fingerprint density at radius 3 is 2.03 bits per heavy atom. The molecule has 3 amide bonds. The summed E-state index contributed by atoms with van der Waals surface area (Å²) in [6.07, 6.45) is 0. The van der Waals surface area contributed by atoms with Crippen LogP contribution in [0.25, 0.3) is 11.1 Å². The third-order valence-corrected chi connectivity index (χ3v) is 4.76. The fraction of sp³-hybridized carbons (Fsp3) is 0.333. The summed E-state index contributed by atoms with van der Waals surface area (Å²) >= 11 is 0. The van der Waals surface area contributed by atoms with Gasteiger partial charge in [0.05, 0.1) is 19.7 Å². The normalized spacial score (nSPS) is 16.5. The second-order valence-electron chi connectivity index (χ2n) is 7.36. The molecule has 0 unspecified atom stereocenters. The Bertz CT molecular complexity index is 865. The molecule has 0 saturated carbocycles. The Morgan fingerprint density at radius 1 is 1.03 bits per heavy atom. The Kier molecular flexibility index (Phi) is 6.05. The SMILES string of the molecule is COc1ccc(-c2ccc(OC[C@H](CN3C(=O)NC(C)(C)C3=O)NO)cc2)cc1. The molecule has 0 spiro atoms. The second kappa shape index (κ2) is 8.50. The summed E-state index contributed by atoms with van der Waals surface area (Å²) < 4.78 is 10.9. The number of hydrogen-bond donors (Lipinski definition) is 3. The van der Waals surface area contributed by atoms with Crippen molar-refractivity contribution in [2.24, 2.45) is 0 Å². The topological polar surface area (TPSA) is 100 Å². The maximum atomic E-state index is 12.3. The number of ether oxygens (including phenoxy) is 2. The van der Waals surface area contributed by atoms with Crippen molar-refractivity contribution in [2.45, 2.75) is 25.4 Å². The average Bonchev–Trinajstić information content (AvgIpc) is 2.92. The fourth-order valence-electron chi connectivity index (χ4n) is 3.06. The van der Waals surface area contributed by atoms with Crippen LogP contribution in [0.5, 0.6) is 11.5 Å². The molecule has 1 atom stereocenters. The average molecular weight is 399 g/mol. The van der Waals surface area contributed by atoms with E-state index in [1.165, 1.54) is 0 Å². The zero-order chi connectivity index (χ0) is 21.0. The molecule has 1 fully saturated rings. The van der Waals surface area contributed by atoms with Gasteiger partial charge in [0.15, 0.2) is 0 Å². The highest BCUT2D eigenvalue weighted by Gasteiger charge is 2.44. The summed E-state index contributed by atoms with van der Waals surface area (Å²) in [6.45, 7) is 3.34. The quantitative estimate of drug-likeness (QED) is 0.466. The van der Waals surface area contributed by atoms with Gasteiger partial charge in [-0.05, 0) is 49.2 Å². The van der Waals surface area contributed by atoms with Crippen LogP contribution in [0, 0.1) is 0 Å². The van der Waals surface area contributed by atoms with Crippen molar-refractivity contribution in [3.8, 4) is 22.6 Å². The number of benzene rings is 2. The first-order chi connectivity index (χ1) is 13.8. The number of hydrogen-bond acceptors (Lipinski definition) is 6. The van der Waals surface area contributed by atoms with E-state index in [1.54, 1.807) is 21.0 Å². The summed E-state index contributed by atoms with van der Waals surface area (Å²) in [5.74, 6) is 1.07. The molecule has 1 aliphatic rings. The monoisotopic (exact) mass is 399 g/mol. The number of hydroxylamine groups is 1. The molecule has 29 heavy (non-hydrogen) atoms. The maximum absolute atomic E-state index is 12.3. The summed E-state index contributed by atoms with van der Waals surface area (Å²) in [4.78, 5) is 25.3. The lowest BCUT2D eigenvalue weighted by atomic mass is 10.1. The molecule has 3 N–H and O–H groups in total. The van der Waals surface area contributed by atoms with Crippen molar-refractivity contribution in [3.05, 3.63) is 48.5 Å². The van der Waals surface area contributed by atoms with Crippen LogP contribution in [0.3, 0.4) is 0 Å². The minimum atomic E-state index is -0.949. The van der Waals surface area contributed by atoms with E-state index >= 15 is 0 Å². The van der Waals surface area contributed by atoms with Gasteiger partial charge in [-0.25, -0.2) is 4.79 Å². The summed E-state index contributed by atoms with van der Waals surface area (Å²) in [7, 11) is 1.63. The minimum Gasteiger partial charge on any atom is -0.497 e. The summed E-state index contributed by atoms with van der Waals surface area (Å²) in [6, 6.07) is 14.1. The van der Waals surface area contributed by atoms with Gasteiger partial charge >= 0.3 is 6.03 Å². The third kappa shape index (κ3) is 4.67. The van der Waals surface area contributed by atoms with Gasteiger partial charge in [-0.1, -0.05) is 24.3 Å². The molecular weight excluding hydrogens is 374 g/mol. The predicted molar refractivity (Wildman–Crippen MR) is 107 cm³/mol. The molecule has 8 heteroatoms. The molecule has 2 aromatic carbocycles. The van der Waals surface area contributed by atoms with Gasteiger partial charge in [0.25, 0.3) is 5.91 Å². The van der Waals surface area contributed by atoms with Crippen LogP contribution < -0.4 is 20.3 Å². The van der Waals surface area contributed by atoms with E-state index in [4.69, 9.17) is 9.47 Å². The van der Waals surface area contributed by atoms with Gasteiger partial charge in [0.2, 0.25) is 0 Å². The molecule has 0 aliphatic carbocycles. The molecule has 1 aliphatic heterocycles. The van der Waals surface area contributed by atoms with Crippen molar-refractivity contribution in [1.29, 1.82) is 0 Å². The van der Waals surface area contributed by atoms with Gasteiger partial charge in [-0.15, -0.1) is 0 Å². The molecule has 8 nitrogen and oxygen atoms in total. The number of urea groups is 1. The van der Waals surface area contributed by atoms with E-state index in [9.17, 15) is 14.8 Å². The molecule has 0 aromatic heterocycles. The predicted octanol–water partition coefficient (Wildman–Crippen LogP) is 2.42. The standard InChI is InChI=1S/C21H25N3O5/c1-21(2)19(25)24(20(26)22-21)12-16(23-27)13-29-18-10-6-15(7-11-18)14-4-8-17(28-3)9-5-14/h4-11,16,23,27H,12-13H2,1-3H3,(H,22,26)/t16-/m0/s1. The van der Waals surface area contributed by atoms with Gasteiger partial charge in [-0.3, -0.25) is 9.69 Å². The molecule has 0 bridgehead atoms. The van der Waals surface area contributed by atoms with Crippen LogP contribution in [-0.4, -0.2) is 53.9 Å². The van der Waals surface area contributed by atoms with Crippen molar-refractivity contribution in [2.75, 3.05) is 20.3 Å². The number of carbonyl (C=O) groups is 2. The van der Waals surface area contributed by atoms with E-state index in [0.717, 1.165) is 21.8 Å². The largest absolute Gasteiger partial charge is 0.497 e. The number of nitrogens with zero attached hydrogens (tertiary/aromatic N) is 1. The lowest BCUT2D eigenvalue weighted by Crippen LogP contribution is -2.46. The zero-order valence-corrected chi connectivity index (χ0v) is 16.6. The highest BCUT2D eigenvalue weighted by Crippen LogP contribution is 2.24. The number of carbonyl (C=O) groups excluding carboxylic acids is 2. The number of nitrogens with one attached hydrogen (secondary N) is 2. The van der Waals surface area contributed by atoms with E-state index in [1.807, 2.05) is 48.5 Å². The van der Waals surface area contributed by atoms with Crippen molar-refractivity contribution in [3.63, 3.8) is 0 Å². The van der Waals surface area contributed by atoms with Crippen LogP contribution in [0.1, 0.15) is 13.8 Å². The van der Waals surface area contributed by atoms with Gasteiger partial charge in [-0.2, -0.15) is 5.48 Å². The Morgan fingerprint density at radius 2 is 1.59 bits per heavy atom. The summed E-state index contributed by atoms with van der Waals surface area (Å²) in [5, 5.41) is 12.0. The number of amides is 3. The Hall–Kier alpha value is -3.10. The number of methoxy groups -OCH3 is 1. The molecule has 1 heterocycles. The number of rotatable bonds is 8. The first kappa shape index (κ1) is 20.6. The van der Waals surface area contributed by atoms with E-state index < -0.39 is 17.6 Å². The van der Waals surface area contributed by atoms with Gasteiger partial charge in [0.1, 0.15) is 23.6 Å². The van der Waals surface area contributed by atoms with E-state index in [0.29, 0.717) is 5.75 Å². The molecule has 154 valence electrons. The van der Waals surface area contributed by atoms with Crippen molar-refractivity contribution >= 4 is 11.9 Å². The van der Waals surface area contributed by atoms with Crippen LogP contribution in [-0.2, 0) is 4.79 Å². The molecule has 1 saturated heterocycles. The van der Waals surface area contributed by atoms with Crippen LogP contribution in [0.2, 0.25) is 0 Å². The van der Waals surface area contributed by atoms with Crippen LogP contribution >= 0.6 is 0 Å². The second-order valence-corrected chi connectivity index (χ2v) is 7.36. The third-order valence-electron chi connectivity index (χ3n) is 4.76. The highest BCUT2D eigenvalue weighted by atomic mass is 16.5. The number of imide groups is 1. The van der Waals surface area contributed by atoms with Crippen molar-refractivity contribution < 1.29 is 24.3 Å². The Labute approximate surface area is 169 Å². The minimum absolute atomic E-state index is 0.00543. The fourth-order valence-corrected chi connectivity index (χ4v) is 3.06. The zero-order valence-electron chi connectivity index (χ0n) is 16.6.